The maximum atomic E-state index is 12.8. The average molecular weight is 377 g/mol. The molecule has 1 amide bonds. The lowest BCUT2D eigenvalue weighted by atomic mass is 10.2. The first kappa shape index (κ1) is 18.0. The van der Waals surface area contributed by atoms with Crippen molar-refractivity contribution < 1.29 is 9.53 Å². The van der Waals surface area contributed by atoms with E-state index in [0.29, 0.717) is 18.8 Å². The van der Waals surface area contributed by atoms with E-state index in [1.165, 1.54) is 5.56 Å². The molecule has 144 valence electrons. The van der Waals surface area contributed by atoms with Gasteiger partial charge in [0.25, 0.3) is 5.91 Å². The number of hydrogen-bond donors (Lipinski definition) is 0. The van der Waals surface area contributed by atoms with E-state index < -0.39 is 0 Å². The molecule has 0 aliphatic carbocycles. The quantitative estimate of drug-likeness (QED) is 0.699. The number of para-hydroxylation sites is 2. The Morgan fingerprint density at radius 1 is 1.00 bits per heavy atom. The van der Waals surface area contributed by atoms with E-state index in [1.807, 2.05) is 60.4 Å². The number of benzene rings is 2. The lowest BCUT2D eigenvalue weighted by Crippen LogP contribution is -2.49. The molecule has 0 radical (unpaired) electrons. The molecule has 1 saturated heterocycles. The molecule has 0 unspecified atom stereocenters. The number of hydrogen-bond acceptors (Lipinski definition) is 5. The predicted molar refractivity (Wildman–Crippen MR) is 107 cm³/mol. The predicted octanol–water partition coefficient (Wildman–Crippen LogP) is 2.55. The van der Waals surface area contributed by atoms with Crippen LogP contribution >= 0.6 is 0 Å². The van der Waals surface area contributed by atoms with Crippen LogP contribution < -0.4 is 9.64 Å². The summed E-state index contributed by atoms with van der Waals surface area (Å²) in [5.41, 5.74) is 3.49. The van der Waals surface area contributed by atoms with Crippen molar-refractivity contribution in [2.45, 2.75) is 6.92 Å². The number of aryl methyl sites for hydroxylation is 1. The molecule has 1 aromatic heterocycles. The van der Waals surface area contributed by atoms with E-state index in [4.69, 9.17) is 4.74 Å². The lowest BCUT2D eigenvalue weighted by Gasteiger charge is -2.36. The van der Waals surface area contributed by atoms with Crippen LogP contribution in [0.25, 0.3) is 5.69 Å². The molecule has 0 N–H and O–H groups in total. The Bertz CT molecular complexity index is 959. The number of aromatic nitrogens is 3. The van der Waals surface area contributed by atoms with Crippen molar-refractivity contribution in [1.82, 2.24) is 19.9 Å². The van der Waals surface area contributed by atoms with Crippen LogP contribution in [0.3, 0.4) is 0 Å². The summed E-state index contributed by atoms with van der Waals surface area (Å²) in [6, 6.07) is 15.9. The Morgan fingerprint density at radius 3 is 2.43 bits per heavy atom. The highest BCUT2D eigenvalue weighted by atomic mass is 16.5. The van der Waals surface area contributed by atoms with Gasteiger partial charge in [-0.1, -0.05) is 35.0 Å². The summed E-state index contributed by atoms with van der Waals surface area (Å²) in [4.78, 5) is 16.9. The van der Waals surface area contributed by atoms with Crippen molar-refractivity contribution in [3.8, 4) is 11.4 Å². The minimum atomic E-state index is -0.0851. The van der Waals surface area contributed by atoms with Gasteiger partial charge in [0.05, 0.1) is 24.7 Å². The number of methoxy groups -OCH3 is 1. The topological polar surface area (TPSA) is 63.5 Å². The zero-order valence-electron chi connectivity index (χ0n) is 16.1. The van der Waals surface area contributed by atoms with Gasteiger partial charge < -0.3 is 14.5 Å². The van der Waals surface area contributed by atoms with Crippen LogP contribution in [0.5, 0.6) is 5.75 Å². The fourth-order valence-corrected chi connectivity index (χ4v) is 3.39. The van der Waals surface area contributed by atoms with E-state index in [9.17, 15) is 4.79 Å². The SMILES string of the molecule is COc1ccccc1N1CCN(C(=O)c2cn(-c3ccc(C)cc3)nn2)CC1. The first-order valence-corrected chi connectivity index (χ1v) is 9.32. The molecule has 0 saturated carbocycles. The van der Waals surface area contributed by atoms with Gasteiger partial charge in [0, 0.05) is 26.2 Å². The Balaban J connectivity index is 1.42. The normalized spacial score (nSPS) is 14.2. The third-order valence-electron chi connectivity index (χ3n) is 5.00. The first-order valence-electron chi connectivity index (χ1n) is 9.32. The molecule has 1 fully saturated rings. The number of piperazine rings is 1. The molecule has 7 nitrogen and oxygen atoms in total. The zero-order chi connectivity index (χ0) is 19.5. The van der Waals surface area contributed by atoms with E-state index in [-0.39, 0.29) is 5.91 Å². The second-order valence-corrected chi connectivity index (χ2v) is 6.83. The van der Waals surface area contributed by atoms with Gasteiger partial charge in [-0.3, -0.25) is 4.79 Å². The van der Waals surface area contributed by atoms with Gasteiger partial charge in [0.1, 0.15) is 5.75 Å². The van der Waals surface area contributed by atoms with E-state index >= 15 is 0 Å². The van der Waals surface area contributed by atoms with Crippen molar-refractivity contribution in [2.75, 3.05) is 38.2 Å². The molecule has 0 atom stereocenters. The van der Waals surface area contributed by atoms with Crippen LogP contribution in [-0.4, -0.2) is 59.1 Å². The molecule has 28 heavy (non-hydrogen) atoms. The van der Waals surface area contributed by atoms with Gasteiger partial charge in [0.2, 0.25) is 0 Å². The second kappa shape index (κ2) is 7.72. The van der Waals surface area contributed by atoms with E-state index in [1.54, 1.807) is 18.0 Å². The Hall–Kier alpha value is -3.35. The van der Waals surface area contributed by atoms with Crippen molar-refractivity contribution in [3.63, 3.8) is 0 Å². The third kappa shape index (κ3) is 3.55. The summed E-state index contributed by atoms with van der Waals surface area (Å²) in [5, 5.41) is 8.19. The van der Waals surface area contributed by atoms with E-state index in [0.717, 1.165) is 30.2 Å². The maximum absolute atomic E-state index is 12.8. The highest BCUT2D eigenvalue weighted by Crippen LogP contribution is 2.28. The molecule has 3 aromatic rings. The smallest absolute Gasteiger partial charge is 0.276 e. The molecule has 0 bridgehead atoms. The molecule has 1 aliphatic heterocycles. The standard InChI is InChI=1S/C21H23N5O2/c1-16-7-9-17(10-8-16)26-15-18(22-23-26)21(27)25-13-11-24(12-14-25)19-5-3-4-6-20(19)28-2/h3-10,15H,11-14H2,1-2H3. The van der Waals surface area contributed by atoms with Crippen molar-refractivity contribution in [3.05, 3.63) is 66.0 Å². The Labute approximate surface area is 164 Å². The Morgan fingerprint density at radius 2 is 1.71 bits per heavy atom. The summed E-state index contributed by atoms with van der Waals surface area (Å²) in [6.07, 6.45) is 1.69. The molecule has 2 heterocycles. The number of nitrogens with zero attached hydrogens (tertiary/aromatic N) is 5. The summed E-state index contributed by atoms with van der Waals surface area (Å²) in [6.45, 7) is 4.80. The first-order chi connectivity index (χ1) is 13.7. The monoisotopic (exact) mass is 377 g/mol. The maximum Gasteiger partial charge on any atom is 0.276 e. The highest BCUT2D eigenvalue weighted by molar-refractivity contribution is 5.92. The van der Waals surface area contributed by atoms with Crippen molar-refractivity contribution in [2.24, 2.45) is 0 Å². The van der Waals surface area contributed by atoms with Gasteiger partial charge >= 0.3 is 0 Å². The van der Waals surface area contributed by atoms with E-state index in [2.05, 4.69) is 15.2 Å². The van der Waals surface area contributed by atoms with Crippen molar-refractivity contribution in [1.29, 1.82) is 0 Å². The van der Waals surface area contributed by atoms with Crippen LogP contribution in [0.15, 0.2) is 54.7 Å². The number of rotatable bonds is 4. The number of carbonyl (C=O) groups excluding carboxylic acids is 1. The van der Waals surface area contributed by atoms with Crippen LogP contribution in [0, 0.1) is 6.92 Å². The molecule has 2 aromatic carbocycles. The summed E-state index contributed by atoms with van der Waals surface area (Å²) in [7, 11) is 1.68. The molecule has 4 rings (SSSR count). The largest absolute Gasteiger partial charge is 0.495 e. The minimum absolute atomic E-state index is 0.0851. The van der Waals surface area contributed by atoms with Gasteiger partial charge in [-0.15, -0.1) is 5.10 Å². The molecule has 7 heteroatoms. The third-order valence-corrected chi connectivity index (χ3v) is 5.00. The molecule has 0 spiro atoms. The molecular weight excluding hydrogens is 354 g/mol. The fourth-order valence-electron chi connectivity index (χ4n) is 3.39. The fraction of sp³-hybridized carbons (Fsp3) is 0.286. The average Bonchev–Trinajstić information content (AvgIpc) is 3.24. The zero-order valence-corrected chi connectivity index (χ0v) is 16.1. The van der Waals surface area contributed by atoms with Gasteiger partial charge in [-0.2, -0.15) is 0 Å². The minimum Gasteiger partial charge on any atom is -0.495 e. The molecule has 1 aliphatic rings. The number of ether oxygens (including phenoxy) is 1. The summed E-state index contributed by atoms with van der Waals surface area (Å²) in [5.74, 6) is 0.765. The van der Waals surface area contributed by atoms with Crippen molar-refractivity contribution >= 4 is 11.6 Å². The second-order valence-electron chi connectivity index (χ2n) is 6.83. The lowest BCUT2D eigenvalue weighted by molar-refractivity contribution is 0.0740. The summed E-state index contributed by atoms with van der Waals surface area (Å²) >= 11 is 0. The van der Waals surface area contributed by atoms with Crippen LogP contribution in [0.1, 0.15) is 16.1 Å². The van der Waals surface area contributed by atoms with Crippen LogP contribution in [0.4, 0.5) is 5.69 Å². The summed E-state index contributed by atoms with van der Waals surface area (Å²) < 4.78 is 7.09. The van der Waals surface area contributed by atoms with Crippen LogP contribution in [-0.2, 0) is 0 Å². The number of anilines is 1. The van der Waals surface area contributed by atoms with Gasteiger partial charge in [0.15, 0.2) is 5.69 Å². The highest BCUT2D eigenvalue weighted by Gasteiger charge is 2.25. The number of carbonyl (C=O) groups is 1. The molecular formula is C21H23N5O2. The van der Waals surface area contributed by atoms with Crippen LogP contribution in [0.2, 0.25) is 0 Å². The Kier molecular flexibility index (Phi) is 4.97. The van der Waals surface area contributed by atoms with Gasteiger partial charge in [-0.05, 0) is 31.2 Å². The van der Waals surface area contributed by atoms with Gasteiger partial charge in [-0.25, -0.2) is 4.68 Å². The number of amides is 1.